The number of H-pyrrole nitrogens is 1. The number of phosphoric acid groups is 3. The van der Waals surface area contributed by atoms with Crippen molar-refractivity contribution >= 4 is 53.1 Å². The molecule has 0 bridgehead atoms. The number of ether oxygens (including phenoxy) is 1. The van der Waals surface area contributed by atoms with Gasteiger partial charge in [-0.1, -0.05) is 24.7 Å². The molecule has 3 fully saturated rings. The van der Waals surface area contributed by atoms with Crippen LogP contribution in [-0.4, -0.2) is 104 Å². The SMILES string of the molecule is O=C(CCCCCNC(=O)CCCC[C@@H]1SC[C@@H]2NC(=O)N[C@@H]21)NCC#Cc1cn([C@@H]2O[C@H](COP(=O)([O-])OP(=O)([O-])OP(=O)([O-])O)[C@@H](O)[C@H]2O)c(=O)[nH]c1=O.[Li+].[Li+].[Li+]. The molecule has 24 nitrogen and oxygen atoms in total. The monoisotopic (exact) mass is 894 g/mol. The Morgan fingerprint density at radius 3 is 2.27 bits per heavy atom. The predicted octanol–water partition coefficient (Wildman–Crippen LogP) is -12.5. The molecular weight excluding hydrogens is 854 g/mol. The van der Waals surface area contributed by atoms with Crippen LogP contribution in [-0.2, 0) is 41.2 Å². The van der Waals surface area contributed by atoms with Crippen molar-refractivity contribution in [1.29, 1.82) is 0 Å². The molecule has 10 atom stereocenters. The van der Waals surface area contributed by atoms with Gasteiger partial charge in [0.05, 0.1) is 25.2 Å². The van der Waals surface area contributed by atoms with Gasteiger partial charge in [-0.25, -0.2) is 18.2 Å². The van der Waals surface area contributed by atoms with Crippen LogP contribution in [0, 0.1) is 11.8 Å². The normalized spacial score (nSPS) is 26.0. The van der Waals surface area contributed by atoms with Gasteiger partial charge in [-0.05, 0) is 25.7 Å². The fourth-order valence-corrected chi connectivity index (χ4v) is 10.3. The van der Waals surface area contributed by atoms with E-state index in [-0.39, 0.29) is 105 Å². The number of nitrogens with zero attached hydrogens (tertiary/aromatic N) is 1. The first-order valence-electron chi connectivity index (χ1n) is 17.0. The standard InChI is InChI=1S/C28H43N6O18P3S.3Li/c35-20(9-2-1-5-11-29-21(36)10-4-3-8-19-22-17(15-56-19)31-27(40)32-22)30-12-6-7-16-13-34(28(41)33-25(16)39)26-24(38)23(37)18(50-26)14-49-54(45,46)52-55(47,48)51-53(42,43)44;;;/h13,17-19,22-24,26,37-38H,1-5,8-12,14-15H2,(H,29,36)(H,30,35)(H,45,46)(H,47,48)(H2,31,32,40)(H,33,39,41)(H2,42,43,44);;;/q;3*+1/p-3/t17-,18+,19-,22-,23+,24+,26+;;;/m0.../s1. The van der Waals surface area contributed by atoms with Crippen molar-refractivity contribution in [2.45, 2.75) is 93.2 Å². The van der Waals surface area contributed by atoms with Crippen molar-refractivity contribution in [3.05, 3.63) is 32.6 Å². The first-order valence-corrected chi connectivity index (χ1v) is 22.5. The van der Waals surface area contributed by atoms with Crippen molar-refractivity contribution in [3.63, 3.8) is 0 Å². The number of amides is 4. The van der Waals surface area contributed by atoms with Gasteiger partial charge in [-0.2, -0.15) is 11.8 Å². The second kappa shape index (κ2) is 25.2. The summed E-state index contributed by atoms with van der Waals surface area (Å²) < 4.78 is 50.5. The third-order valence-corrected chi connectivity index (χ3v) is 13.7. The van der Waals surface area contributed by atoms with Crippen LogP contribution < -0.4 is 104 Å². The zero-order valence-corrected chi connectivity index (χ0v) is 35.8. The van der Waals surface area contributed by atoms with Gasteiger partial charge in [0.15, 0.2) is 6.23 Å². The first kappa shape index (κ1) is 55.9. The van der Waals surface area contributed by atoms with Crippen molar-refractivity contribution in [2.24, 2.45) is 0 Å². The smallest absolute Gasteiger partial charge is 0.756 e. The molecule has 0 aromatic carbocycles. The van der Waals surface area contributed by atoms with E-state index >= 15 is 0 Å². The minimum Gasteiger partial charge on any atom is -0.756 e. The number of aliphatic hydroxyl groups is 2. The Hall–Kier alpha value is -1.12. The molecular formula is C28H40Li3N6O18P3S. The van der Waals surface area contributed by atoms with Gasteiger partial charge in [-0.3, -0.25) is 37.6 Å². The number of aromatic amines is 1. The average molecular weight is 894 g/mol. The van der Waals surface area contributed by atoms with Gasteiger partial charge in [0, 0.05) is 36.6 Å². The molecule has 314 valence electrons. The maximum atomic E-state index is 12.5. The molecule has 31 heteroatoms. The molecule has 4 amide bonds. The number of carbonyl (C=O) groups is 3. The van der Waals surface area contributed by atoms with Crippen LogP contribution in [0.15, 0.2) is 15.8 Å². The molecule has 0 radical (unpaired) electrons. The van der Waals surface area contributed by atoms with E-state index in [1.54, 1.807) is 0 Å². The second-order valence-corrected chi connectivity index (χ2v) is 18.2. The number of carbonyl (C=O) groups excluding carboxylic acids is 3. The molecule has 4 heterocycles. The molecule has 0 saturated carbocycles. The summed E-state index contributed by atoms with van der Waals surface area (Å²) >= 11 is 1.83. The number of unbranched alkanes of at least 4 members (excludes halogenated alkanes) is 3. The summed E-state index contributed by atoms with van der Waals surface area (Å²) in [4.78, 5) is 105. The topological polar surface area (TPSA) is 372 Å². The molecule has 8 N–H and O–H groups in total. The Bertz CT molecular complexity index is 1930. The molecule has 1 aromatic heterocycles. The predicted molar refractivity (Wildman–Crippen MR) is 186 cm³/mol. The van der Waals surface area contributed by atoms with E-state index in [1.807, 2.05) is 16.7 Å². The quantitative estimate of drug-likeness (QED) is 0.0198. The van der Waals surface area contributed by atoms with E-state index in [9.17, 15) is 62.6 Å². The Labute approximate surface area is 377 Å². The Kier molecular flexibility index (Phi) is 23.9. The van der Waals surface area contributed by atoms with E-state index in [2.05, 4.69) is 46.3 Å². The van der Waals surface area contributed by atoms with Crippen LogP contribution in [0.3, 0.4) is 0 Å². The number of thioether (sulfide) groups is 1. The van der Waals surface area contributed by atoms with Crippen molar-refractivity contribution in [1.82, 2.24) is 30.8 Å². The summed E-state index contributed by atoms with van der Waals surface area (Å²) in [5.74, 6) is 5.49. The molecule has 0 spiro atoms. The molecule has 4 rings (SSSR count). The van der Waals surface area contributed by atoms with Crippen molar-refractivity contribution < 1.29 is 132 Å². The summed E-state index contributed by atoms with van der Waals surface area (Å²) in [6.45, 7) is -0.959. The molecule has 0 aliphatic carbocycles. The Morgan fingerprint density at radius 1 is 0.932 bits per heavy atom. The maximum Gasteiger partial charge on any atom is 1.00 e. The van der Waals surface area contributed by atoms with E-state index in [0.717, 1.165) is 31.2 Å². The van der Waals surface area contributed by atoms with Crippen LogP contribution in [0.4, 0.5) is 4.79 Å². The summed E-state index contributed by atoms with van der Waals surface area (Å²) in [7, 11) is -18.1. The molecule has 3 unspecified atom stereocenters. The van der Waals surface area contributed by atoms with Crippen LogP contribution in [0.1, 0.15) is 63.2 Å². The second-order valence-electron chi connectivity index (χ2n) is 12.7. The van der Waals surface area contributed by atoms with E-state index in [0.29, 0.717) is 42.0 Å². The van der Waals surface area contributed by atoms with Gasteiger partial charge in [0.25, 0.3) is 29.0 Å². The minimum atomic E-state index is -6.20. The number of aromatic nitrogens is 2. The van der Waals surface area contributed by atoms with Gasteiger partial charge < -0.3 is 60.3 Å². The molecule has 3 saturated heterocycles. The molecule has 59 heavy (non-hydrogen) atoms. The summed E-state index contributed by atoms with van der Waals surface area (Å²) in [5, 5.41) is 32.4. The number of hydrogen-bond donors (Lipinski definition) is 8. The minimum absolute atomic E-state index is 0. The Morgan fingerprint density at radius 2 is 1.59 bits per heavy atom. The van der Waals surface area contributed by atoms with Crippen LogP contribution in [0.2, 0.25) is 0 Å². The third kappa shape index (κ3) is 18.3. The zero-order valence-electron chi connectivity index (χ0n) is 32.3. The number of fused-ring (bicyclic) bond motifs is 1. The molecule has 3 aliphatic heterocycles. The van der Waals surface area contributed by atoms with E-state index in [1.165, 1.54) is 0 Å². The maximum absolute atomic E-state index is 12.5. The largest absolute Gasteiger partial charge is 1.00 e. The summed E-state index contributed by atoms with van der Waals surface area (Å²) in [6.07, 6.45) is -1.57. The van der Waals surface area contributed by atoms with Gasteiger partial charge in [-0.15, -0.1) is 0 Å². The van der Waals surface area contributed by atoms with Gasteiger partial charge >= 0.3 is 68.3 Å². The van der Waals surface area contributed by atoms with Gasteiger partial charge in [0.2, 0.25) is 11.8 Å². The number of rotatable bonds is 20. The average Bonchev–Trinajstić information content (AvgIpc) is 3.73. The molecule has 1 aromatic rings. The number of nitrogens with one attached hydrogen (secondary N) is 5. The summed E-state index contributed by atoms with van der Waals surface area (Å²) in [5.41, 5.74) is -2.44. The zero-order chi connectivity index (χ0) is 41.3. The van der Waals surface area contributed by atoms with E-state index < -0.39 is 65.9 Å². The Balaban J connectivity index is 0.00000580. The van der Waals surface area contributed by atoms with Crippen molar-refractivity contribution in [2.75, 3.05) is 25.4 Å². The summed E-state index contributed by atoms with van der Waals surface area (Å²) in [6, 6.07) is 0.196. The van der Waals surface area contributed by atoms with Crippen molar-refractivity contribution in [3.8, 4) is 11.8 Å². The fourth-order valence-electron chi connectivity index (χ4n) is 5.86. The fraction of sp³-hybridized carbons (Fsp3) is 0.679. The van der Waals surface area contributed by atoms with Crippen LogP contribution in [0.25, 0.3) is 0 Å². The number of phosphoric ester groups is 1. The van der Waals surface area contributed by atoms with Crippen LogP contribution >= 0.6 is 35.2 Å². The van der Waals surface area contributed by atoms with E-state index in [4.69, 9.17) is 9.63 Å². The first-order chi connectivity index (χ1) is 26.2. The van der Waals surface area contributed by atoms with Gasteiger partial charge in [0.1, 0.15) is 23.9 Å². The number of aliphatic hydroxyl groups excluding tert-OH is 2. The number of hydrogen-bond acceptors (Lipinski definition) is 18. The van der Waals surface area contributed by atoms with Crippen LogP contribution in [0.5, 0.6) is 0 Å². The molecule has 3 aliphatic rings. The number of urea groups is 1. The third-order valence-electron chi connectivity index (χ3n) is 8.46.